The summed E-state index contributed by atoms with van der Waals surface area (Å²) in [5, 5.41) is 11.3. The van der Waals surface area contributed by atoms with Gasteiger partial charge >= 0.3 is 0 Å². The van der Waals surface area contributed by atoms with Gasteiger partial charge in [-0.15, -0.1) is 0 Å². The van der Waals surface area contributed by atoms with Crippen molar-refractivity contribution in [1.29, 1.82) is 5.26 Å². The van der Waals surface area contributed by atoms with Gasteiger partial charge in [0.15, 0.2) is 0 Å². The SMILES string of the molecule is CC(CC#N)C(=O)NCCc1ccccc1. The van der Waals surface area contributed by atoms with Crippen molar-refractivity contribution in [3.8, 4) is 6.07 Å². The van der Waals surface area contributed by atoms with E-state index >= 15 is 0 Å². The molecule has 0 heterocycles. The first-order valence-electron chi connectivity index (χ1n) is 5.42. The van der Waals surface area contributed by atoms with Gasteiger partial charge < -0.3 is 5.32 Å². The summed E-state index contributed by atoms with van der Waals surface area (Å²) in [5.41, 5.74) is 1.20. The number of nitriles is 1. The highest BCUT2D eigenvalue weighted by atomic mass is 16.1. The van der Waals surface area contributed by atoms with E-state index in [1.165, 1.54) is 5.56 Å². The largest absolute Gasteiger partial charge is 0.356 e. The minimum atomic E-state index is -0.222. The van der Waals surface area contributed by atoms with E-state index in [0.29, 0.717) is 6.54 Å². The third-order valence-electron chi connectivity index (χ3n) is 2.40. The van der Waals surface area contributed by atoms with Gasteiger partial charge in [0.2, 0.25) is 5.91 Å². The maximum atomic E-state index is 11.5. The fraction of sp³-hybridized carbons (Fsp3) is 0.385. The van der Waals surface area contributed by atoms with Crippen molar-refractivity contribution in [3.05, 3.63) is 35.9 Å². The molecule has 0 saturated carbocycles. The van der Waals surface area contributed by atoms with Crippen LogP contribution < -0.4 is 5.32 Å². The fourth-order valence-corrected chi connectivity index (χ4v) is 1.38. The Kier molecular flexibility index (Phi) is 5.07. The quantitative estimate of drug-likeness (QED) is 0.817. The molecule has 1 rings (SSSR count). The Labute approximate surface area is 96.1 Å². The highest BCUT2D eigenvalue weighted by Gasteiger charge is 2.10. The minimum Gasteiger partial charge on any atom is -0.356 e. The smallest absolute Gasteiger partial charge is 0.223 e. The van der Waals surface area contributed by atoms with Crippen molar-refractivity contribution < 1.29 is 4.79 Å². The number of rotatable bonds is 5. The van der Waals surface area contributed by atoms with Crippen molar-refractivity contribution in [2.24, 2.45) is 5.92 Å². The Bertz CT molecular complexity index is 367. The highest BCUT2D eigenvalue weighted by molar-refractivity contribution is 5.78. The van der Waals surface area contributed by atoms with Crippen LogP contribution in [0.25, 0.3) is 0 Å². The van der Waals surface area contributed by atoms with Gasteiger partial charge in [0.05, 0.1) is 6.07 Å². The molecular formula is C13H16N2O. The van der Waals surface area contributed by atoms with Crippen LogP contribution in [-0.2, 0) is 11.2 Å². The molecule has 1 aromatic carbocycles. The molecule has 1 atom stereocenters. The van der Waals surface area contributed by atoms with E-state index < -0.39 is 0 Å². The zero-order valence-electron chi connectivity index (χ0n) is 9.44. The Morgan fingerprint density at radius 3 is 2.75 bits per heavy atom. The van der Waals surface area contributed by atoms with Gasteiger partial charge in [0.1, 0.15) is 0 Å². The van der Waals surface area contributed by atoms with E-state index in [-0.39, 0.29) is 18.2 Å². The van der Waals surface area contributed by atoms with Gasteiger partial charge in [-0.05, 0) is 12.0 Å². The number of carbonyl (C=O) groups is 1. The number of nitrogens with one attached hydrogen (secondary N) is 1. The molecule has 3 nitrogen and oxygen atoms in total. The molecular weight excluding hydrogens is 200 g/mol. The van der Waals surface area contributed by atoms with Gasteiger partial charge in [-0.2, -0.15) is 5.26 Å². The van der Waals surface area contributed by atoms with Crippen LogP contribution in [0.5, 0.6) is 0 Å². The highest BCUT2D eigenvalue weighted by Crippen LogP contribution is 2.01. The summed E-state index contributed by atoms with van der Waals surface area (Å²) in [6.07, 6.45) is 1.10. The topological polar surface area (TPSA) is 52.9 Å². The van der Waals surface area contributed by atoms with Crippen LogP contribution >= 0.6 is 0 Å². The third kappa shape index (κ3) is 4.14. The molecule has 3 heteroatoms. The lowest BCUT2D eigenvalue weighted by Crippen LogP contribution is -2.30. The summed E-state index contributed by atoms with van der Waals surface area (Å²) in [6.45, 7) is 2.39. The Morgan fingerprint density at radius 2 is 2.12 bits per heavy atom. The van der Waals surface area contributed by atoms with Crippen LogP contribution in [-0.4, -0.2) is 12.5 Å². The summed E-state index contributed by atoms with van der Waals surface area (Å²) in [7, 11) is 0. The molecule has 0 aliphatic rings. The summed E-state index contributed by atoms with van der Waals surface area (Å²) in [4.78, 5) is 11.5. The standard InChI is InChI=1S/C13H16N2O/c1-11(7-9-14)13(16)15-10-8-12-5-3-2-4-6-12/h2-6,11H,7-8,10H2,1H3,(H,15,16). The van der Waals surface area contributed by atoms with Crippen LogP contribution in [0.3, 0.4) is 0 Å². The second-order valence-corrected chi connectivity index (χ2v) is 3.79. The van der Waals surface area contributed by atoms with Gasteiger partial charge in [-0.1, -0.05) is 37.3 Å². The lowest BCUT2D eigenvalue weighted by molar-refractivity contribution is -0.124. The van der Waals surface area contributed by atoms with E-state index in [4.69, 9.17) is 5.26 Å². The van der Waals surface area contributed by atoms with Crippen molar-refractivity contribution in [3.63, 3.8) is 0 Å². The fourth-order valence-electron chi connectivity index (χ4n) is 1.38. The molecule has 1 amide bonds. The molecule has 0 bridgehead atoms. The van der Waals surface area contributed by atoms with E-state index in [1.54, 1.807) is 6.92 Å². The monoisotopic (exact) mass is 216 g/mol. The second kappa shape index (κ2) is 6.62. The number of nitrogens with zero attached hydrogens (tertiary/aromatic N) is 1. The van der Waals surface area contributed by atoms with E-state index in [0.717, 1.165) is 6.42 Å². The molecule has 0 aliphatic carbocycles. The molecule has 16 heavy (non-hydrogen) atoms. The molecule has 1 aromatic rings. The Balaban J connectivity index is 2.26. The van der Waals surface area contributed by atoms with Crippen LogP contribution in [0.4, 0.5) is 0 Å². The van der Waals surface area contributed by atoms with Crippen molar-refractivity contribution >= 4 is 5.91 Å². The lowest BCUT2D eigenvalue weighted by atomic mass is 10.1. The zero-order chi connectivity index (χ0) is 11.8. The maximum Gasteiger partial charge on any atom is 0.223 e. The van der Waals surface area contributed by atoms with Crippen LogP contribution in [0.15, 0.2) is 30.3 Å². The van der Waals surface area contributed by atoms with Gasteiger partial charge in [0.25, 0.3) is 0 Å². The van der Waals surface area contributed by atoms with Gasteiger partial charge in [-0.3, -0.25) is 4.79 Å². The first kappa shape index (κ1) is 12.3. The van der Waals surface area contributed by atoms with Crippen molar-refractivity contribution in [2.75, 3.05) is 6.54 Å². The zero-order valence-corrected chi connectivity index (χ0v) is 9.44. The number of carbonyl (C=O) groups excluding carboxylic acids is 1. The van der Waals surface area contributed by atoms with Crippen LogP contribution in [0.1, 0.15) is 18.9 Å². The summed E-state index contributed by atoms with van der Waals surface area (Å²) in [6, 6.07) is 12.0. The van der Waals surface area contributed by atoms with E-state index in [9.17, 15) is 4.79 Å². The molecule has 0 aliphatic heterocycles. The van der Waals surface area contributed by atoms with E-state index in [1.807, 2.05) is 36.4 Å². The molecule has 0 spiro atoms. The van der Waals surface area contributed by atoms with Crippen LogP contribution in [0.2, 0.25) is 0 Å². The Hall–Kier alpha value is -1.82. The predicted molar refractivity (Wildman–Crippen MR) is 62.5 cm³/mol. The lowest BCUT2D eigenvalue weighted by Gasteiger charge is -2.08. The van der Waals surface area contributed by atoms with Crippen molar-refractivity contribution in [1.82, 2.24) is 5.32 Å². The normalized spacial score (nSPS) is 11.5. The number of amides is 1. The Morgan fingerprint density at radius 1 is 1.44 bits per heavy atom. The molecule has 0 fully saturated rings. The molecule has 84 valence electrons. The molecule has 1 unspecified atom stereocenters. The number of hydrogen-bond acceptors (Lipinski definition) is 2. The van der Waals surface area contributed by atoms with Crippen molar-refractivity contribution in [2.45, 2.75) is 19.8 Å². The molecule has 0 saturated heterocycles. The van der Waals surface area contributed by atoms with Crippen LogP contribution in [0, 0.1) is 17.2 Å². The first-order valence-corrected chi connectivity index (χ1v) is 5.42. The second-order valence-electron chi connectivity index (χ2n) is 3.79. The third-order valence-corrected chi connectivity index (χ3v) is 2.40. The summed E-state index contributed by atoms with van der Waals surface area (Å²) < 4.78 is 0. The molecule has 1 N–H and O–H groups in total. The number of hydrogen-bond donors (Lipinski definition) is 1. The average Bonchev–Trinajstić information content (AvgIpc) is 2.30. The molecule has 0 radical (unpaired) electrons. The van der Waals surface area contributed by atoms with Gasteiger partial charge in [0, 0.05) is 18.9 Å². The minimum absolute atomic E-state index is 0.0440. The number of benzene rings is 1. The predicted octanol–water partition coefficient (Wildman–Crippen LogP) is 1.90. The summed E-state index contributed by atoms with van der Waals surface area (Å²) >= 11 is 0. The first-order chi connectivity index (χ1) is 7.74. The maximum absolute atomic E-state index is 11.5. The molecule has 0 aromatic heterocycles. The van der Waals surface area contributed by atoms with Gasteiger partial charge in [-0.25, -0.2) is 0 Å². The average molecular weight is 216 g/mol. The van der Waals surface area contributed by atoms with E-state index in [2.05, 4.69) is 5.32 Å². The summed E-state index contributed by atoms with van der Waals surface area (Å²) in [5.74, 6) is -0.266.